The molecule has 0 aliphatic carbocycles. The van der Waals surface area contributed by atoms with E-state index in [4.69, 9.17) is 4.74 Å². The third kappa shape index (κ3) is 4.48. The number of ether oxygens (including phenoxy) is 1. The number of fused-ring (bicyclic) bond motifs is 1. The Morgan fingerprint density at radius 3 is 2.61 bits per heavy atom. The van der Waals surface area contributed by atoms with E-state index in [1.807, 2.05) is 0 Å². The summed E-state index contributed by atoms with van der Waals surface area (Å²) < 4.78 is 59.3. The van der Waals surface area contributed by atoms with Gasteiger partial charge in [-0.2, -0.15) is 4.99 Å². The second-order valence-corrected chi connectivity index (χ2v) is 9.64. The lowest BCUT2D eigenvalue weighted by molar-refractivity contribution is -0.122. The number of hydrogen-bond donors (Lipinski definition) is 0. The summed E-state index contributed by atoms with van der Waals surface area (Å²) >= 11 is 1.03. The Morgan fingerprint density at radius 2 is 2.00 bits per heavy atom. The minimum atomic E-state index is -3.28. The maximum atomic E-state index is 14.3. The number of hydrogen-bond acceptors (Lipinski definition) is 5. The molecule has 1 aromatic heterocycles. The smallest absolute Gasteiger partial charge is 0.251 e. The Hall–Kier alpha value is -1.69. The van der Waals surface area contributed by atoms with E-state index in [1.54, 1.807) is 0 Å². The highest BCUT2D eigenvalue weighted by Crippen LogP contribution is 2.23. The molecule has 7 nitrogen and oxygen atoms in total. The van der Waals surface area contributed by atoms with Crippen LogP contribution in [0.1, 0.15) is 12.8 Å². The zero-order chi connectivity index (χ0) is 20.5. The molecule has 1 fully saturated rings. The highest BCUT2D eigenvalue weighted by atomic mass is 32.2. The predicted molar refractivity (Wildman–Crippen MR) is 101 cm³/mol. The van der Waals surface area contributed by atoms with Gasteiger partial charge in [0, 0.05) is 38.7 Å². The first-order chi connectivity index (χ1) is 13.2. The first-order valence-electron chi connectivity index (χ1n) is 8.71. The summed E-state index contributed by atoms with van der Waals surface area (Å²) in [5.74, 6) is -2.21. The number of rotatable bonds is 5. The van der Waals surface area contributed by atoms with Crippen molar-refractivity contribution in [2.24, 2.45) is 10.9 Å². The second-order valence-electron chi connectivity index (χ2n) is 6.65. The van der Waals surface area contributed by atoms with E-state index in [9.17, 15) is 22.0 Å². The summed E-state index contributed by atoms with van der Waals surface area (Å²) in [6.07, 6.45) is 1.89. The molecule has 0 spiro atoms. The van der Waals surface area contributed by atoms with Gasteiger partial charge in [0.15, 0.2) is 10.6 Å². The van der Waals surface area contributed by atoms with Crippen molar-refractivity contribution in [2.45, 2.75) is 19.4 Å². The van der Waals surface area contributed by atoms with Crippen molar-refractivity contribution in [3.05, 3.63) is 28.6 Å². The SMILES string of the molecule is COCCn1c(=NC(=O)C2CCN(S(C)(=O)=O)CC2)sc2cc(F)cc(F)c21. The lowest BCUT2D eigenvalue weighted by atomic mass is 9.98. The Balaban J connectivity index is 1.92. The van der Waals surface area contributed by atoms with Gasteiger partial charge in [0.05, 0.1) is 23.1 Å². The van der Waals surface area contributed by atoms with Gasteiger partial charge in [0.1, 0.15) is 5.82 Å². The van der Waals surface area contributed by atoms with E-state index < -0.39 is 27.6 Å². The molecule has 154 valence electrons. The van der Waals surface area contributed by atoms with E-state index in [2.05, 4.69) is 4.99 Å². The van der Waals surface area contributed by atoms with Crippen molar-refractivity contribution in [3.8, 4) is 0 Å². The summed E-state index contributed by atoms with van der Waals surface area (Å²) in [6, 6.07) is 2.01. The van der Waals surface area contributed by atoms with E-state index in [0.717, 1.165) is 23.7 Å². The fraction of sp³-hybridized carbons (Fsp3) is 0.529. The number of sulfonamides is 1. The van der Waals surface area contributed by atoms with Crippen LogP contribution in [0.2, 0.25) is 0 Å². The van der Waals surface area contributed by atoms with Gasteiger partial charge in [-0.25, -0.2) is 21.5 Å². The molecule has 1 amide bonds. The molecule has 11 heteroatoms. The predicted octanol–water partition coefficient (Wildman–Crippen LogP) is 1.73. The fourth-order valence-electron chi connectivity index (χ4n) is 3.22. The second kappa shape index (κ2) is 8.36. The van der Waals surface area contributed by atoms with Crippen LogP contribution in [0.3, 0.4) is 0 Å². The van der Waals surface area contributed by atoms with E-state index >= 15 is 0 Å². The standard InChI is InChI=1S/C17H21F2N3O4S2/c1-26-8-7-22-15-13(19)9-12(18)10-14(15)27-17(22)20-16(23)11-3-5-21(6-4-11)28(2,24)25/h9-11H,3-8H2,1-2H3. The van der Waals surface area contributed by atoms with E-state index in [-0.39, 0.29) is 42.5 Å². The van der Waals surface area contributed by atoms with Crippen LogP contribution in [0.15, 0.2) is 17.1 Å². The third-order valence-corrected chi connectivity index (χ3v) is 7.02. The van der Waals surface area contributed by atoms with Crippen LogP contribution < -0.4 is 4.80 Å². The summed E-state index contributed by atoms with van der Waals surface area (Å²) in [5, 5.41) is 0. The van der Waals surface area contributed by atoms with Crippen molar-refractivity contribution in [1.29, 1.82) is 0 Å². The topological polar surface area (TPSA) is 81.0 Å². The molecular weight excluding hydrogens is 412 g/mol. The Labute approximate surface area is 165 Å². The molecule has 1 aliphatic rings. The Bertz CT molecular complexity index is 1050. The van der Waals surface area contributed by atoms with Crippen molar-refractivity contribution in [3.63, 3.8) is 0 Å². The van der Waals surface area contributed by atoms with Crippen molar-refractivity contribution >= 4 is 37.5 Å². The molecule has 3 rings (SSSR count). The average molecular weight is 434 g/mol. The van der Waals surface area contributed by atoms with Crippen molar-refractivity contribution in [1.82, 2.24) is 8.87 Å². The molecule has 2 aromatic rings. The van der Waals surface area contributed by atoms with Gasteiger partial charge in [-0.15, -0.1) is 0 Å². The molecule has 1 aliphatic heterocycles. The van der Waals surface area contributed by atoms with Crippen LogP contribution in [0.5, 0.6) is 0 Å². The monoisotopic (exact) mass is 433 g/mol. The van der Waals surface area contributed by atoms with Gasteiger partial charge in [-0.3, -0.25) is 4.79 Å². The number of halogens is 2. The van der Waals surface area contributed by atoms with Gasteiger partial charge in [-0.1, -0.05) is 11.3 Å². The number of thiazole rings is 1. The van der Waals surface area contributed by atoms with Crippen molar-refractivity contribution in [2.75, 3.05) is 33.1 Å². The highest BCUT2D eigenvalue weighted by molar-refractivity contribution is 7.88. The van der Waals surface area contributed by atoms with Crippen LogP contribution in [0, 0.1) is 17.6 Å². The van der Waals surface area contributed by atoms with Crippen LogP contribution in [0.4, 0.5) is 8.78 Å². The zero-order valence-corrected chi connectivity index (χ0v) is 17.2. The van der Waals surface area contributed by atoms with Gasteiger partial charge < -0.3 is 9.30 Å². The molecule has 0 bridgehead atoms. The molecule has 0 saturated carbocycles. The summed E-state index contributed by atoms with van der Waals surface area (Å²) in [7, 11) is -1.78. The summed E-state index contributed by atoms with van der Waals surface area (Å²) in [6.45, 7) is 1.07. The van der Waals surface area contributed by atoms with Crippen LogP contribution in [0.25, 0.3) is 10.2 Å². The first-order valence-corrected chi connectivity index (χ1v) is 11.4. The van der Waals surface area contributed by atoms with E-state index in [0.29, 0.717) is 17.5 Å². The quantitative estimate of drug-likeness (QED) is 0.719. The van der Waals surface area contributed by atoms with Gasteiger partial charge in [-0.05, 0) is 18.9 Å². The lowest BCUT2D eigenvalue weighted by Crippen LogP contribution is -2.39. The number of aromatic nitrogens is 1. The largest absolute Gasteiger partial charge is 0.383 e. The normalized spacial score (nSPS) is 17.5. The maximum absolute atomic E-state index is 14.3. The van der Waals surface area contributed by atoms with Crippen LogP contribution >= 0.6 is 11.3 Å². The lowest BCUT2D eigenvalue weighted by Gasteiger charge is -2.28. The average Bonchev–Trinajstić information content (AvgIpc) is 2.96. The first kappa shape index (κ1) is 21.0. The maximum Gasteiger partial charge on any atom is 0.251 e. The highest BCUT2D eigenvalue weighted by Gasteiger charge is 2.29. The van der Waals surface area contributed by atoms with Crippen LogP contribution in [-0.4, -0.2) is 56.3 Å². The minimum absolute atomic E-state index is 0.182. The van der Waals surface area contributed by atoms with Crippen molar-refractivity contribution < 1.29 is 26.7 Å². The summed E-state index contributed by atoms with van der Waals surface area (Å²) in [5.41, 5.74) is 0.182. The number of nitrogens with zero attached hydrogens (tertiary/aromatic N) is 3. The molecule has 1 aromatic carbocycles. The Morgan fingerprint density at radius 1 is 1.32 bits per heavy atom. The number of carbonyl (C=O) groups excluding carboxylic acids is 1. The third-order valence-electron chi connectivity index (χ3n) is 4.69. The Kier molecular flexibility index (Phi) is 6.28. The molecule has 2 heterocycles. The molecule has 1 saturated heterocycles. The number of amides is 1. The zero-order valence-electron chi connectivity index (χ0n) is 15.5. The summed E-state index contributed by atoms with van der Waals surface area (Å²) in [4.78, 5) is 17.1. The van der Waals surface area contributed by atoms with Crippen LogP contribution in [-0.2, 0) is 26.1 Å². The number of carbonyl (C=O) groups is 1. The molecule has 0 unspecified atom stereocenters. The number of benzene rings is 1. The molecule has 0 radical (unpaired) electrons. The number of piperidine rings is 1. The van der Waals surface area contributed by atoms with E-state index in [1.165, 1.54) is 22.0 Å². The van der Waals surface area contributed by atoms with Gasteiger partial charge in [0.2, 0.25) is 10.0 Å². The molecule has 0 atom stereocenters. The van der Waals surface area contributed by atoms with Gasteiger partial charge in [0.25, 0.3) is 5.91 Å². The minimum Gasteiger partial charge on any atom is -0.383 e. The van der Waals surface area contributed by atoms with Gasteiger partial charge >= 0.3 is 0 Å². The molecule has 0 N–H and O–H groups in total. The number of methoxy groups -OCH3 is 1. The fourth-order valence-corrected chi connectivity index (χ4v) is 5.20. The molecule has 28 heavy (non-hydrogen) atoms. The molecular formula is C17H21F2N3O4S2.